The molecule has 0 aromatic heterocycles. The van der Waals surface area contributed by atoms with Gasteiger partial charge in [0, 0.05) is 12.1 Å². The van der Waals surface area contributed by atoms with E-state index in [1.807, 2.05) is 13.8 Å². The second kappa shape index (κ2) is 7.84. The van der Waals surface area contributed by atoms with Crippen molar-refractivity contribution in [2.75, 3.05) is 20.1 Å². The molecule has 0 radical (unpaired) electrons. The number of quaternary nitrogens is 1. The second-order valence-corrected chi connectivity index (χ2v) is 5.48. The summed E-state index contributed by atoms with van der Waals surface area (Å²) in [7, 11) is 1.75. The quantitative estimate of drug-likeness (QED) is 0.454. The van der Waals surface area contributed by atoms with E-state index < -0.39 is 6.03 Å². The summed E-state index contributed by atoms with van der Waals surface area (Å²) in [5.74, 6) is -0.440. The van der Waals surface area contributed by atoms with Gasteiger partial charge in [-0.1, -0.05) is 6.92 Å². The van der Waals surface area contributed by atoms with Gasteiger partial charge >= 0.3 is 6.03 Å². The molecule has 7 heteroatoms. The zero-order valence-electron chi connectivity index (χ0n) is 12.4. The summed E-state index contributed by atoms with van der Waals surface area (Å²) in [6.07, 6.45) is 2.89. The van der Waals surface area contributed by atoms with Crippen molar-refractivity contribution in [3.05, 3.63) is 0 Å². The van der Waals surface area contributed by atoms with Gasteiger partial charge in [-0.15, -0.1) is 0 Å². The van der Waals surface area contributed by atoms with Crippen LogP contribution in [0.1, 0.15) is 33.1 Å². The van der Waals surface area contributed by atoms with Crippen molar-refractivity contribution in [3.8, 4) is 0 Å². The number of likely N-dealkylation sites (N-methyl/N-ethyl adjacent to an activating group) is 1. The molecular formula is C13H25N4O3+. The van der Waals surface area contributed by atoms with Gasteiger partial charge in [0.25, 0.3) is 11.8 Å². The maximum absolute atomic E-state index is 11.6. The molecule has 7 nitrogen and oxygen atoms in total. The first kappa shape index (κ1) is 16.4. The number of rotatable bonds is 7. The molecule has 0 heterocycles. The Labute approximate surface area is 119 Å². The molecule has 0 aromatic rings. The van der Waals surface area contributed by atoms with E-state index >= 15 is 0 Å². The summed E-state index contributed by atoms with van der Waals surface area (Å²) in [5.41, 5.74) is 0. The lowest BCUT2D eigenvalue weighted by Crippen LogP contribution is -3.11. The summed E-state index contributed by atoms with van der Waals surface area (Å²) in [6, 6.07) is -0.137. The number of hydrogen-bond donors (Lipinski definition) is 4. The van der Waals surface area contributed by atoms with Gasteiger partial charge in [0.15, 0.2) is 13.1 Å². The Hall–Kier alpha value is -1.63. The average molecular weight is 285 g/mol. The van der Waals surface area contributed by atoms with E-state index in [2.05, 4.69) is 16.0 Å². The molecule has 114 valence electrons. The zero-order chi connectivity index (χ0) is 15.1. The molecule has 1 aliphatic carbocycles. The van der Waals surface area contributed by atoms with Crippen molar-refractivity contribution in [1.82, 2.24) is 16.0 Å². The van der Waals surface area contributed by atoms with Gasteiger partial charge in [0.1, 0.15) is 0 Å². The highest BCUT2D eigenvalue weighted by atomic mass is 16.2. The van der Waals surface area contributed by atoms with E-state index in [4.69, 9.17) is 0 Å². The van der Waals surface area contributed by atoms with Crippen molar-refractivity contribution in [3.63, 3.8) is 0 Å². The van der Waals surface area contributed by atoms with Crippen LogP contribution in [0, 0.1) is 0 Å². The second-order valence-electron chi connectivity index (χ2n) is 5.48. The predicted molar refractivity (Wildman–Crippen MR) is 74.2 cm³/mol. The lowest BCUT2D eigenvalue weighted by Gasteiger charge is -2.14. The third kappa shape index (κ3) is 7.08. The van der Waals surface area contributed by atoms with Crippen LogP contribution in [0.5, 0.6) is 0 Å². The maximum atomic E-state index is 11.6. The van der Waals surface area contributed by atoms with Gasteiger partial charge in [-0.3, -0.25) is 14.9 Å². The smallest absolute Gasteiger partial charge is 0.321 e. The standard InChI is InChI=1S/C13H24N4O3/c1-4-9(2)14-13(20)16-12(19)8-17(3)7-11(18)15-10-5-6-10/h9-10H,4-8H2,1-3H3,(H,15,18)(H2,14,16,19,20)/p+1/t9-/m1/s1. The summed E-state index contributed by atoms with van der Waals surface area (Å²) >= 11 is 0. The van der Waals surface area contributed by atoms with Crippen molar-refractivity contribution in [2.24, 2.45) is 0 Å². The number of carbonyl (C=O) groups excluding carboxylic acids is 3. The molecule has 1 fully saturated rings. The first-order chi connectivity index (χ1) is 9.40. The summed E-state index contributed by atoms with van der Waals surface area (Å²) in [5, 5.41) is 7.77. The lowest BCUT2D eigenvalue weighted by atomic mass is 10.3. The number of urea groups is 1. The van der Waals surface area contributed by atoms with Gasteiger partial charge < -0.3 is 15.5 Å². The number of carbonyl (C=O) groups is 3. The Morgan fingerprint density at radius 3 is 2.35 bits per heavy atom. The predicted octanol–water partition coefficient (Wildman–Crippen LogP) is -1.60. The van der Waals surface area contributed by atoms with Crippen LogP contribution in [-0.2, 0) is 9.59 Å². The minimum atomic E-state index is -0.486. The molecule has 0 bridgehead atoms. The fourth-order valence-electron chi connectivity index (χ4n) is 1.65. The molecule has 0 aromatic carbocycles. The molecule has 0 aliphatic heterocycles. The first-order valence-corrected chi connectivity index (χ1v) is 7.11. The molecule has 2 atom stereocenters. The Morgan fingerprint density at radius 2 is 1.80 bits per heavy atom. The van der Waals surface area contributed by atoms with Crippen LogP contribution in [0.25, 0.3) is 0 Å². The largest absolute Gasteiger partial charge is 0.348 e. The Kier molecular flexibility index (Phi) is 6.44. The van der Waals surface area contributed by atoms with Crippen LogP contribution in [0.4, 0.5) is 4.79 Å². The van der Waals surface area contributed by atoms with Gasteiger partial charge in [0.2, 0.25) is 0 Å². The number of hydrogen-bond acceptors (Lipinski definition) is 3. The number of nitrogens with one attached hydrogen (secondary N) is 4. The first-order valence-electron chi connectivity index (χ1n) is 7.11. The maximum Gasteiger partial charge on any atom is 0.321 e. The SMILES string of the molecule is CC[C@@H](C)NC(=O)NC(=O)C[NH+](C)CC(=O)NC1CC1. The van der Waals surface area contributed by atoms with Gasteiger partial charge in [-0.2, -0.15) is 0 Å². The number of imide groups is 1. The van der Waals surface area contributed by atoms with Crippen molar-refractivity contribution in [2.45, 2.75) is 45.2 Å². The highest BCUT2D eigenvalue weighted by Gasteiger charge is 2.25. The molecule has 1 aliphatic rings. The van der Waals surface area contributed by atoms with E-state index in [9.17, 15) is 14.4 Å². The monoisotopic (exact) mass is 285 g/mol. The Morgan fingerprint density at radius 1 is 1.20 bits per heavy atom. The molecular weight excluding hydrogens is 260 g/mol. The average Bonchev–Trinajstić information content (AvgIpc) is 3.11. The van der Waals surface area contributed by atoms with Crippen molar-refractivity contribution < 1.29 is 19.3 Å². The summed E-state index contributed by atoms with van der Waals surface area (Å²) in [4.78, 5) is 35.4. The molecule has 1 unspecified atom stereocenters. The van der Waals surface area contributed by atoms with Gasteiger partial charge in [-0.25, -0.2) is 4.79 Å². The van der Waals surface area contributed by atoms with E-state index in [1.54, 1.807) is 7.05 Å². The Bertz CT molecular complexity index is 369. The normalized spacial score (nSPS) is 16.9. The van der Waals surface area contributed by atoms with Gasteiger partial charge in [0.05, 0.1) is 7.05 Å². The van der Waals surface area contributed by atoms with E-state index in [0.717, 1.165) is 24.2 Å². The molecule has 0 spiro atoms. The van der Waals surface area contributed by atoms with Crippen LogP contribution in [0.2, 0.25) is 0 Å². The summed E-state index contributed by atoms with van der Waals surface area (Å²) in [6.45, 7) is 4.13. The van der Waals surface area contributed by atoms with E-state index in [1.165, 1.54) is 0 Å². The van der Waals surface area contributed by atoms with E-state index in [-0.39, 0.29) is 30.9 Å². The lowest BCUT2D eigenvalue weighted by molar-refractivity contribution is -0.862. The molecule has 20 heavy (non-hydrogen) atoms. The van der Waals surface area contributed by atoms with Crippen molar-refractivity contribution >= 4 is 17.8 Å². The molecule has 4 N–H and O–H groups in total. The molecule has 0 saturated heterocycles. The fraction of sp³-hybridized carbons (Fsp3) is 0.769. The molecule has 1 saturated carbocycles. The third-order valence-corrected chi connectivity index (χ3v) is 3.11. The van der Waals surface area contributed by atoms with Crippen LogP contribution in [-0.4, -0.2) is 50.1 Å². The Balaban J connectivity index is 2.19. The number of amides is 4. The third-order valence-electron chi connectivity index (χ3n) is 3.11. The van der Waals surface area contributed by atoms with Crippen LogP contribution in [0.15, 0.2) is 0 Å². The van der Waals surface area contributed by atoms with Gasteiger partial charge in [-0.05, 0) is 26.2 Å². The van der Waals surface area contributed by atoms with E-state index in [0.29, 0.717) is 6.04 Å². The highest BCUT2D eigenvalue weighted by molar-refractivity contribution is 5.94. The van der Waals surface area contributed by atoms with Crippen LogP contribution in [0.3, 0.4) is 0 Å². The minimum Gasteiger partial charge on any atom is -0.348 e. The van der Waals surface area contributed by atoms with Crippen LogP contribution >= 0.6 is 0 Å². The zero-order valence-corrected chi connectivity index (χ0v) is 12.4. The highest BCUT2D eigenvalue weighted by Crippen LogP contribution is 2.17. The van der Waals surface area contributed by atoms with Crippen LogP contribution < -0.4 is 20.9 Å². The fourth-order valence-corrected chi connectivity index (χ4v) is 1.65. The summed E-state index contributed by atoms with van der Waals surface area (Å²) < 4.78 is 0. The molecule has 1 rings (SSSR count). The van der Waals surface area contributed by atoms with Crippen molar-refractivity contribution in [1.29, 1.82) is 0 Å². The molecule has 4 amide bonds. The minimum absolute atomic E-state index is 0.0252. The topological polar surface area (TPSA) is 91.7 Å².